The first-order chi connectivity index (χ1) is 16.0. The van der Waals surface area contributed by atoms with Gasteiger partial charge in [-0.15, -0.1) is 0 Å². The quantitative estimate of drug-likeness (QED) is 0.535. The topological polar surface area (TPSA) is 75.7 Å². The van der Waals surface area contributed by atoms with Crippen LogP contribution in [0.5, 0.6) is 5.75 Å². The first kappa shape index (κ1) is 23.6. The van der Waals surface area contributed by atoms with E-state index in [1.165, 1.54) is 30.3 Å². The smallest absolute Gasteiger partial charge is 0.416 e. The summed E-state index contributed by atoms with van der Waals surface area (Å²) >= 11 is 0. The lowest BCUT2D eigenvalue weighted by Crippen LogP contribution is -2.39. The van der Waals surface area contributed by atoms with Crippen LogP contribution in [0.4, 0.5) is 24.5 Å². The number of sulfonamides is 1. The van der Waals surface area contributed by atoms with E-state index < -0.39 is 21.8 Å². The summed E-state index contributed by atoms with van der Waals surface area (Å²) in [5, 5.41) is 0. The molecule has 178 valence electrons. The molecule has 34 heavy (non-hydrogen) atoms. The maximum Gasteiger partial charge on any atom is 0.416 e. The fourth-order valence-corrected chi connectivity index (χ4v) is 4.90. The second-order valence-corrected chi connectivity index (χ2v) is 9.57. The van der Waals surface area contributed by atoms with Crippen molar-refractivity contribution in [2.75, 3.05) is 16.2 Å². The number of alkyl halides is 3. The third-order valence-corrected chi connectivity index (χ3v) is 6.81. The summed E-state index contributed by atoms with van der Waals surface area (Å²) in [6, 6.07) is 16.9. The molecule has 0 saturated carbocycles. The van der Waals surface area contributed by atoms with Crippen molar-refractivity contribution in [3.63, 3.8) is 0 Å². The monoisotopic (exact) mass is 490 g/mol. The minimum atomic E-state index is -4.59. The van der Waals surface area contributed by atoms with Crippen molar-refractivity contribution in [2.45, 2.75) is 30.5 Å². The van der Waals surface area contributed by atoms with Gasteiger partial charge in [-0.2, -0.15) is 13.2 Å². The number of nitrogens with one attached hydrogen (secondary N) is 1. The van der Waals surface area contributed by atoms with Gasteiger partial charge in [0.05, 0.1) is 10.5 Å². The minimum absolute atomic E-state index is 0.00272. The molecule has 0 saturated heterocycles. The number of hydrogen-bond donors (Lipinski definition) is 1. The molecule has 1 aliphatic heterocycles. The van der Waals surface area contributed by atoms with E-state index in [9.17, 15) is 26.4 Å². The predicted octanol–water partition coefficient (Wildman–Crippen LogP) is 4.86. The Balaban J connectivity index is 1.41. The molecule has 6 nitrogen and oxygen atoms in total. The molecular weight excluding hydrogens is 469 g/mol. The molecule has 3 aromatic rings. The highest BCUT2D eigenvalue weighted by molar-refractivity contribution is 7.92. The van der Waals surface area contributed by atoms with E-state index in [1.807, 2.05) is 31.2 Å². The maximum absolute atomic E-state index is 12.9. The van der Waals surface area contributed by atoms with E-state index in [4.69, 9.17) is 4.74 Å². The summed E-state index contributed by atoms with van der Waals surface area (Å²) < 4.78 is 71.5. The van der Waals surface area contributed by atoms with Crippen LogP contribution in [-0.2, 0) is 27.4 Å². The molecule has 0 fully saturated rings. The van der Waals surface area contributed by atoms with Crippen LogP contribution in [0, 0.1) is 0 Å². The molecule has 1 N–H and O–H groups in total. The lowest BCUT2D eigenvalue weighted by Gasteiger charge is -2.22. The molecule has 0 aromatic heterocycles. The van der Waals surface area contributed by atoms with Gasteiger partial charge in [0.2, 0.25) is 0 Å². The number of carbonyl (C=O) groups is 1. The van der Waals surface area contributed by atoms with E-state index in [0.717, 1.165) is 35.9 Å². The summed E-state index contributed by atoms with van der Waals surface area (Å²) in [5.41, 5.74) is 0.772. The van der Waals surface area contributed by atoms with Gasteiger partial charge in [0.25, 0.3) is 15.9 Å². The summed E-state index contributed by atoms with van der Waals surface area (Å²) in [6.07, 6.45) is -3.83. The fraction of sp³-hybridized carbons (Fsp3) is 0.208. The van der Waals surface area contributed by atoms with Crippen molar-refractivity contribution >= 4 is 27.3 Å². The number of fused-ring (bicyclic) bond motifs is 1. The Morgan fingerprint density at radius 2 is 1.76 bits per heavy atom. The van der Waals surface area contributed by atoms with Crippen molar-refractivity contribution in [1.82, 2.24) is 0 Å². The average molecular weight is 491 g/mol. The van der Waals surface area contributed by atoms with Gasteiger partial charge in [-0.25, -0.2) is 8.42 Å². The highest BCUT2D eigenvalue weighted by atomic mass is 32.2. The van der Waals surface area contributed by atoms with Gasteiger partial charge in [-0.1, -0.05) is 24.3 Å². The molecule has 10 heteroatoms. The van der Waals surface area contributed by atoms with E-state index in [1.54, 1.807) is 4.90 Å². The van der Waals surface area contributed by atoms with Crippen LogP contribution in [0.25, 0.3) is 0 Å². The Morgan fingerprint density at radius 1 is 1.06 bits per heavy atom. The number of anilines is 2. The zero-order valence-corrected chi connectivity index (χ0v) is 18.9. The van der Waals surface area contributed by atoms with Gasteiger partial charge < -0.3 is 9.64 Å². The Morgan fingerprint density at radius 3 is 2.47 bits per heavy atom. The Labute approximate surface area is 195 Å². The van der Waals surface area contributed by atoms with Gasteiger partial charge in [0, 0.05) is 17.4 Å². The largest absolute Gasteiger partial charge is 0.484 e. The van der Waals surface area contributed by atoms with Crippen LogP contribution in [0.3, 0.4) is 0 Å². The number of carbonyl (C=O) groups excluding carboxylic acids is 1. The van der Waals surface area contributed by atoms with Gasteiger partial charge >= 0.3 is 6.18 Å². The van der Waals surface area contributed by atoms with Crippen molar-refractivity contribution < 1.29 is 31.1 Å². The lowest BCUT2D eigenvalue weighted by atomic mass is 10.1. The molecule has 1 amide bonds. The van der Waals surface area contributed by atoms with Crippen molar-refractivity contribution in [3.8, 4) is 5.75 Å². The van der Waals surface area contributed by atoms with Crippen LogP contribution < -0.4 is 14.4 Å². The first-order valence-electron chi connectivity index (χ1n) is 10.4. The van der Waals surface area contributed by atoms with Crippen molar-refractivity contribution in [1.29, 1.82) is 0 Å². The molecule has 1 atom stereocenters. The zero-order valence-electron chi connectivity index (χ0n) is 18.0. The number of benzene rings is 3. The van der Waals surface area contributed by atoms with E-state index in [2.05, 4.69) is 4.72 Å². The number of amides is 1. The average Bonchev–Trinajstić information content (AvgIpc) is 3.13. The van der Waals surface area contributed by atoms with E-state index in [-0.39, 0.29) is 34.9 Å². The molecule has 0 bridgehead atoms. The number of hydrogen-bond acceptors (Lipinski definition) is 4. The van der Waals surface area contributed by atoms with Crippen LogP contribution in [0.15, 0.2) is 77.7 Å². The van der Waals surface area contributed by atoms with Crippen LogP contribution in [0.2, 0.25) is 0 Å². The molecule has 1 unspecified atom stereocenters. The minimum Gasteiger partial charge on any atom is -0.484 e. The fourth-order valence-electron chi connectivity index (χ4n) is 3.85. The summed E-state index contributed by atoms with van der Waals surface area (Å²) in [4.78, 5) is 14.3. The molecule has 0 spiro atoms. The van der Waals surface area contributed by atoms with Gasteiger partial charge in [-0.05, 0) is 67.4 Å². The Bertz CT molecular complexity index is 1310. The number of ether oxygens (including phenoxy) is 1. The highest BCUT2D eigenvalue weighted by Crippen LogP contribution is 2.33. The number of para-hydroxylation sites is 1. The number of nitrogens with zero attached hydrogens (tertiary/aromatic N) is 1. The van der Waals surface area contributed by atoms with Crippen LogP contribution in [0.1, 0.15) is 18.1 Å². The molecule has 1 heterocycles. The molecule has 1 aliphatic rings. The van der Waals surface area contributed by atoms with E-state index >= 15 is 0 Å². The standard InChI is InChI=1S/C24H21F3N2O4S/c1-16-13-17-5-2-3-8-22(17)29(16)23(30)15-33-20-9-11-21(12-10-20)34(31,32)28-19-7-4-6-18(14-19)24(25,26)27/h2-12,14,16,28H,13,15H2,1H3. The van der Waals surface area contributed by atoms with Crippen molar-refractivity contribution in [2.24, 2.45) is 0 Å². The van der Waals surface area contributed by atoms with Gasteiger partial charge in [0.15, 0.2) is 6.61 Å². The SMILES string of the molecule is CC1Cc2ccccc2N1C(=O)COc1ccc(S(=O)(=O)Nc2cccc(C(F)(F)F)c2)cc1. The number of halogens is 3. The summed E-state index contributed by atoms with van der Waals surface area (Å²) in [7, 11) is -4.13. The third kappa shape index (κ3) is 5.01. The normalized spacial score (nSPS) is 15.6. The lowest BCUT2D eigenvalue weighted by molar-refractivity contribution is -0.137. The van der Waals surface area contributed by atoms with Gasteiger partial charge in [-0.3, -0.25) is 9.52 Å². The highest BCUT2D eigenvalue weighted by Gasteiger charge is 2.31. The Hall–Kier alpha value is -3.53. The van der Waals surface area contributed by atoms with Crippen LogP contribution in [-0.4, -0.2) is 27.0 Å². The first-order valence-corrected chi connectivity index (χ1v) is 11.9. The summed E-state index contributed by atoms with van der Waals surface area (Å²) in [5.74, 6) is 0.0619. The third-order valence-electron chi connectivity index (χ3n) is 5.41. The second kappa shape index (κ2) is 9.02. The summed E-state index contributed by atoms with van der Waals surface area (Å²) in [6.45, 7) is 1.72. The number of rotatable bonds is 6. The molecule has 0 aliphatic carbocycles. The second-order valence-electron chi connectivity index (χ2n) is 7.89. The van der Waals surface area contributed by atoms with Gasteiger partial charge in [0.1, 0.15) is 5.75 Å². The zero-order chi connectivity index (χ0) is 24.5. The maximum atomic E-state index is 12.9. The Kier molecular flexibility index (Phi) is 6.26. The molecular formula is C24H21F3N2O4S. The van der Waals surface area contributed by atoms with Crippen LogP contribution >= 0.6 is 0 Å². The molecule has 4 rings (SSSR count). The van der Waals surface area contributed by atoms with Crippen molar-refractivity contribution in [3.05, 3.63) is 83.9 Å². The predicted molar refractivity (Wildman–Crippen MR) is 121 cm³/mol. The van der Waals surface area contributed by atoms with E-state index in [0.29, 0.717) is 0 Å². The molecule has 0 radical (unpaired) electrons. The molecule has 3 aromatic carbocycles.